The van der Waals surface area contributed by atoms with Crippen LogP contribution in [0.3, 0.4) is 0 Å². The highest BCUT2D eigenvalue weighted by atomic mass is 35.5. The monoisotopic (exact) mass is 380 g/mol. The van der Waals surface area contributed by atoms with Crippen molar-refractivity contribution < 1.29 is 14.3 Å². The fraction of sp³-hybridized carbons (Fsp3) is 0.278. The predicted octanol–water partition coefficient (Wildman–Crippen LogP) is 3.28. The van der Waals surface area contributed by atoms with Crippen LogP contribution in [0.4, 0.5) is 0 Å². The Balaban J connectivity index is 1.45. The van der Waals surface area contributed by atoms with Crippen LogP contribution in [0.5, 0.6) is 11.5 Å². The standard InChI is InChI=1S/C18H18Cl2N2O3/c19-14-5-4-12(10-15(14)20)18(23)22-7-6-21-11-13-2-1-3-16-17(13)25-9-8-24-16/h1-5,10,21H,6-9,11H2,(H,22,23). The highest BCUT2D eigenvalue weighted by Crippen LogP contribution is 2.33. The summed E-state index contributed by atoms with van der Waals surface area (Å²) >= 11 is 11.8. The number of rotatable bonds is 6. The van der Waals surface area contributed by atoms with Crippen molar-refractivity contribution in [1.29, 1.82) is 0 Å². The third-order valence-electron chi connectivity index (χ3n) is 3.73. The van der Waals surface area contributed by atoms with Gasteiger partial charge in [0, 0.05) is 30.8 Å². The smallest absolute Gasteiger partial charge is 0.251 e. The first-order chi connectivity index (χ1) is 12.1. The predicted molar refractivity (Wildman–Crippen MR) is 97.9 cm³/mol. The van der Waals surface area contributed by atoms with E-state index < -0.39 is 0 Å². The second-order valence-corrected chi connectivity index (χ2v) is 6.32. The second kappa shape index (κ2) is 8.43. The minimum Gasteiger partial charge on any atom is -0.486 e. The Hall–Kier alpha value is -1.95. The van der Waals surface area contributed by atoms with Crippen LogP contribution in [0.25, 0.3) is 0 Å². The van der Waals surface area contributed by atoms with Crippen molar-refractivity contribution in [1.82, 2.24) is 10.6 Å². The molecule has 0 aliphatic carbocycles. The van der Waals surface area contributed by atoms with Gasteiger partial charge in [0.1, 0.15) is 13.2 Å². The first kappa shape index (κ1) is 17.9. The highest BCUT2D eigenvalue weighted by molar-refractivity contribution is 6.42. The molecule has 2 aromatic rings. The number of hydrogen-bond acceptors (Lipinski definition) is 4. The molecule has 5 nitrogen and oxygen atoms in total. The first-order valence-corrected chi connectivity index (χ1v) is 8.72. The lowest BCUT2D eigenvalue weighted by atomic mass is 10.1. The maximum Gasteiger partial charge on any atom is 0.251 e. The van der Waals surface area contributed by atoms with E-state index in [2.05, 4.69) is 10.6 Å². The normalized spacial score (nSPS) is 12.7. The number of nitrogens with one attached hydrogen (secondary N) is 2. The van der Waals surface area contributed by atoms with Gasteiger partial charge in [0.25, 0.3) is 5.91 Å². The van der Waals surface area contributed by atoms with Gasteiger partial charge in [-0.05, 0) is 24.3 Å². The fourth-order valence-corrected chi connectivity index (χ4v) is 2.80. The molecular formula is C18H18Cl2N2O3. The van der Waals surface area contributed by atoms with E-state index in [1.807, 2.05) is 18.2 Å². The molecule has 0 fully saturated rings. The molecule has 25 heavy (non-hydrogen) atoms. The van der Waals surface area contributed by atoms with Crippen LogP contribution in [0, 0.1) is 0 Å². The van der Waals surface area contributed by atoms with Crippen LogP contribution in [-0.4, -0.2) is 32.2 Å². The van der Waals surface area contributed by atoms with E-state index in [0.29, 0.717) is 48.5 Å². The minimum absolute atomic E-state index is 0.186. The Morgan fingerprint density at radius 3 is 2.72 bits per heavy atom. The molecule has 2 aromatic carbocycles. The molecule has 0 saturated carbocycles. The molecule has 0 spiro atoms. The summed E-state index contributed by atoms with van der Waals surface area (Å²) in [5, 5.41) is 6.91. The van der Waals surface area contributed by atoms with Gasteiger partial charge in [-0.25, -0.2) is 0 Å². The van der Waals surface area contributed by atoms with Gasteiger partial charge in [-0.2, -0.15) is 0 Å². The molecule has 0 bridgehead atoms. The van der Waals surface area contributed by atoms with E-state index in [0.717, 1.165) is 17.1 Å². The van der Waals surface area contributed by atoms with Gasteiger partial charge in [-0.3, -0.25) is 4.79 Å². The van der Waals surface area contributed by atoms with Crippen LogP contribution in [0.15, 0.2) is 36.4 Å². The zero-order valence-electron chi connectivity index (χ0n) is 13.5. The summed E-state index contributed by atoms with van der Waals surface area (Å²) in [5.74, 6) is 1.38. The SMILES string of the molecule is O=C(NCCNCc1cccc2c1OCCO2)c1ccc(Cl)c(Cl)c1. The van der Waals surface area contributed by atoms with Crippen LogP contribution >= 0.6 is 23.2 Å². The largest absolute Gasteiger partial charge is 0.486 e. The molecule has 1 aliphatic rings. The summed E-state index contributed by atoms with van der Waals surface area (Å²) in [6.07, 6.45) is 0. The lowest BCUT2D eigenvalue weighted by Gasteiger charge is -2.21. The van der Waals surface area contributed by atoms with Crippen molar-refractivity contribution in [3.8, 4) is 11.5 Å². The summed E-state index contributed by atoms with van der Waals surface area (Å²) in [7, 11) is 0. The average molecular weight is 381 g/mol. The van der Waals surface area contributed by atoms with Gasteiger partial charge in [-0.15, -0.1) is 0 Å². The molecule has 0 atom stereocenters. The van der Waals surface area contributed by atoms with E-state index in [1.54, 1.807) is 18.2 Å². The molecule has 1 amide bonds. The Labute approximate surface area is 156 Å². The van der Waals surface area contributed by atoms with Gasteiger partial charge in [0.05, 0.1) is 10.0 Å². The molecule has 1 aliphatic heterocycles. The molecule has 132 valence electrons. The third kappa shape index (κ3) is 4.57. The summed E-state index contributed by atoms with van der Waals surface area (Å²) in [6, 6.07) is 10.6. The second-order valence-electron chi connectivity index (χ2n) is 5.50. The molecule has 0 saturated heterocycles. The maximum atomic E-state index is 12.1. The van der Waals surface area contributed by atoms with Crippen LogP contribution in [0.2, 0.25) is 10.0 Å². The number of hydrogen-bond donors (Lipinski definition) is 2. The lowest BCUT2D eigenvalue weighted by Crippen LogP contribution is -2.31. The number of benzene rings is 2. The number of fused-ring (bicyclic) bond motifs is 1. The van der Waals surface area contributed by atoms with E-state index >= 15 is 0 Å². The zero-order chi connectivity index (χ0) is 17.6. The summed E-state index contributed by atoms with van der Waals surface area (Å²) in [5.41, 5.74) is 1.52. The van der Waals surface area contributed by atoms with Crippen LogP contribution in [0.1, 0.15) is 15.9 Å². The molecule has 1 heterocycles. The Kier molecular flexibility index (Phi) is 6.02. The fourth-order valence-electron chi connectivity index (χ4n) is 2.50. The van der Waals surface area contributed by atoms with Crippen LogP contribution < -0.4 is 20.1 Å². The van der Waals surface area contributed by atoms with E-state index in [-0.39, 0.29) is 5.91 Å². The topological polar surface area (TPSA) is 59.6 Å². The Morgan fingerprint density at radius 1 is 1.04 bits per heavy atom. The highest BCUT2D eigenvalue weighted by Gasteiger charge is 2.15. The number of carbonyl (C=O) groups is 1. The van der Waals surface area contributed by atoms with Gasteiger partial charge in [0.15, 0.2) is 11.5 Å². The average Bonchev–Trinajstić information content (AvgIpc) is 2.63. The third-order valence-corrected chi connectivity index (χ3v) is 4.47. The lowest BCUT2D eigenvalue weighted by molar-refractivity contribution is 0.0954. The summed E-state index contributed by atoms with van der Waals surface area (Å²) in [6.45, 7) is 2.88. The number of carbonyl (C=O) groups excluding carboxylic acids is 1. The number of halogens is 2. The van der Waals surface area contributed by atoms with Gasteiger partial charge in [0.2, 0.25) is 0 Å². The van der Waals surface area contributed by atoms with Gasteiger partial charge < -0.3 is 20.1 Å². The van der Waals surface area contributed by atoms with E-state index in [4.69, 9.17) is 32.7 Å². The molecule has 2 N–H and O–H groups in total. The van der Waals surface area contributed by atoms with Crippen molar-refractivity contribution in [3.63, 3.8) is 0 Å². The van der Waals surface area contributed by atoms with Crippen molar-refractivity contribution in [2.45, 2.75) is 6.54 Å². The van der Waals surface area contributed by atoms with E-state index in [1.165, 1.54) is 0 Å². The summed E-state index contributed by atoms with van der Waals surface area (Å²) in [4.78, 5) is 12.1. The molecule has 7 heteroatoms. The van der Waals surface area contributed by atoms with E-state index in [9.17, 15) is 4.79 Å². The zero-order valence-corrected chi connectivity index (χ0v) is 15.0. The molecular weight excluding hydrogens is 363 g/mol. The number of ether oxygens (including phenoxy) is 2. The Morgan fingerprint density at radius 2 is 1.88 bits per heavy atom. The number of amides is 1. The molecule has 0 radical (unpaired) electrons. The minimum atomic E-state index is -0.186. The molecule has 0 aromatic heterocycles. The van der Waals surface area contributed by atoms with Crippen molar-refractivity contribution in [3.05, 3.63) is 57.6 Å². The van der Waals surface area contributed by atoms with Crippen molar-refractivity contribution in [2.24, 2.45) is 0 Å². The maximum absolute atomic E-state index is 12.1. The molecule has 3 rings (SSSR count). The Bertz CT molecular complexity index is 768. The van der Waals surface area contributed by atoms with Crippen LogP contribution in [-0.2, 0) is 6.54 Å². The number of para-hydroxylation sites is 1. The quantitative estimate of drug-likeness (QED) is 0.754. The molecule has 0 unspecified atom stereocenters. The van der Waals surface area contributed by atoms with Gasteiger partial charge in [-0.1, -0.05) is 35.3 Å². The first-order valence-electron chi connectivity index (χ1n) is 7.96. The summed E-state index contributed by atoms with van der Waals surface area (Å²) < 4.78 is 11.2. The van der Waals surface area contributed by atoms with Gasteiger partial charge >= 0.3 is 0 Å². The van der Waals surface area contributed by atoms with Crippen molar-refractivity contribution in [2.75, 3.05) is 26.3 Å². The van der Waals surface area contributed by atoms with Crippen molar-refractivity contribution >= 4 is 29.1 Å².